The molecule has 1 heterocycles. The number of ketones is 1. The van der Waals surface area contributed by atoms with Gasteiger partial charge < -0.3 is 4.90 Å². The van der Waals surface area contributed by atoms with Crippen molar-refractivity contribution in [1.29, 1.82) is 0 Å². The van der Waals surface area contributed by atoms with Crippen LogP contribution in [0.2, 0.25) is 0 Å². The molecule has 0 unspecified atom stereocenters. The number of Topliss-reactive ketones (excluding diaryl/α,β-unsaturated/α-hetero) is 1. The number of likely N-dealkylation sites (N-methyl/N-ethyl adjacent to an activating group) is 1. The van der Waals surface area contributed by atoms with E-state index in [-0.39, 0.29) is 0 Å². The summed E-state index contributed by atoms with van der Waals surface area (Å²) in [5.74, 6) is -1.04. The van der Waals surface area contributed by atoms with E-state index in [1.54, 1.807) is 0 Å². The van der Waals surface area contributed by atoms with Crippen LogP contribution in [0.3, 0.4) is 0 Å². The van der Waals surface area contributed by atoms with Crippen LogP contribution >= 0.6 is 0 Å². The number of amides is 1. The van der Waals surface area contributed by atoms with Crippen molar-refractivity contribution in [1.82, 2.24) is 4.90 Å². The molecule has 0 bridgehead atoms. The first-order valence-corrected chi connectivity index (χ1v) is 6.45. The normalized spacial score (nSPS) is 12.5. The van der Waals surface area contributed by atoms with Crippen molar-refractivity contribution in [2.75, 3.05) is 7.05 Å². The molecule has 0 N–H and O–H groups in total. The maximum atomic E-state index is 11.1. The third kappa shape index (κ3) is 5.13. The number of rotatable bonds is 2. The van der Waals surface area contributed by atoms with Crippen LogP contribution in [-0.4, -0.2) is 23.6 Å². The highest BCUT2D eigenvalue weighted by molar-refractivity contribution is 6.46. The SMILES string of the molecule is C=CC1=C(C=C)N(C)C(=O)C1=O.CC.CC.CC. The van der Waals surface area contributed by atoms with Gasteiger partial charge in [0.1, 0.15) is 0 Å². The van der Waals surface area contributed by atoms with E-state index in [2.05, 4.69) is 13.2 Å². The maximum absolute atomic E-state index is 11.1. The highest BCUT2D eigenvalue weighted by Gasteiger charge is 2.32. The van der Waals surface area contributed by atoms with E-state index in [1.165, 1.54) is 24.1 Å². The summed E-state index contributed by atoms with van der Waals surface area (Å²) in [4.78, 5) is 23.5. The predicted octanol–water partition coefficient (Wildman–Crippen LogP) is 3.73. The van der Waals surface area contributed by atoms with Gasteiger partial charge in [-0.1, -0.05) is 60.8 Å². The fourth-order valence-electron chi connectivity index (χ4n) is 1.12. The van der Waals surface area contributed by atoms with Gasteiger partial charge in [0.05, 0.1) is 11.3 Å². The Morgan fingerprint density at radius 3 is 1.50 bits per heavy atom. The van der Waals surface area contributed by atoms with Crippen LogP contribution in [0, 0.1) is 0 Å². The molecule has 0 aromatic heterocycles. The molecule has 0 saturated carbocycles. The van der Waals surface area contributed by atoms with Gasteiger partial charge in [-0.3, -0.25) is 9.59 Å². The fourth-order valence-corrected chi connectivity index (χ4v) is 1.12. The topological polar surface area (TPSA) is 37.4 Å². The number of carbonyl (C=O) groups excluding carboxylic acids is 2. The minimum absolute atomic E-state index is 0.331. The first-order valence-electron chi connectivity index (χ1n) is 6.45. The van der Waals surface area contributed by atoms with Gasteiger partial charge in [-0.2, -0.15) is 0 Å². The summed E-state index contributed by atoms with van der Waals surface area (Å²) in [5.41, 5.74) is 0.859. The number of carbonyl (C=O) groups is 2. The summed E-state index contributed by atoms with van der Waals surface area (Å²) in [6, 6.07) is 0. The molecule has 0 aliphatic carbocycles. The van der Waals surface area contributed by atoms with E-state index in [9.17, 15) is 9.59 Å². The molecule has 0 aromatic rings. The predicted molar refractivity (Wildman–Crippen MR) is 79.2 cm³/mol. The van der Waals surface area contributed by atoms with Gasteiger partial charge in [0.2, 0.25) is 0 Å². The van der Waals surface area contributed by atoms with Crippen LogP contribution in [0.5, 0.6) is 0 Å². The number of hydrogen-bond acceptors (Lipinski definition) is 2. The van der Waals surface area contributed by atoms with Gasteiger partial charge >= 0.3 is 0 Å². The Kier molecular flexibility index (Phi) is 16.1. The number of hydrogen-bond donors (Lipinski definition) is 0. The molecule has 0 saturated heterocycles. The van der Waals surface area contributed by atoms with Crippen molar-refractivity contribution in [3.63, 3.8) is 0 Å². The minimum Gasteiger partial charge on any atom is -0.308 e. The van der Waals surface area contributed by atoms with Crippen molar-refractivity contribution >= 4 is 11.7 Å². The zero-order chi connectivity index (χ0) is 15.3. The zero-order valence-corrected chi connectivity index (χ0v) is 12.8. The van der Waals surface area contributed by atoms with Gasteiger partial charge in [0.25, 0.3) is 11.7 Å². The molecule has 1 amide bonds. The molecule has 18 heavy (non-hydrogen) atoms. The van der Waals surface area contributed by atoms with Crippen LogP contribution in [-0.2, 0) is 9.59 Å². The summed E-state index contributed by atoms with van der Waals surface area (Å²) < 4.78 is 0. The Morgan fingerprint density at radius 1 is 0.889 bits per heavy atom. The largest absolute Gasteiger partial charge is 0.308 e. The van der Waals surface area contributed by atoms with Gasteiger partial charge in [-0.25, -0.2) is 0 Å². The van der Waals surface area contributed by atoms with Crippen molar-refractivity contribution < 1.29 is 9.59 Å². The van der Waals surface area contributed by atoms with Crippen molar-refractivity contribution in [2.24, 2.45) is 0 Å². The lowest BCUT2D eigenvalue weighted by Gasteiger charge is -2.08. The van der Waals surface area contributed by atoms with Crippen LogP contribution in [0.4, 0.5) is 0 Å². The first kappa shape index (κ1) is 21.6. The second-order valence-electron chi connectivity index (χ2n) is 2.40. The molecule has 1 aliphatic heterocycles. The number of nitrogens with zero attached hydrogens (tertiary/aromatic N) is 1. The third-order valence-corrected chi connectivity index (χ3v) is 1.78. The van der Waals surface area contributed by atoms with Gasteiger partial charge in [0, 0.05) is 7.05 Å². The van der Waals surface area contributed by atoms with E-state index < -0.39 is 11.7 Å². The van der Waals surface area contributed by atoms with Crippen LogP contribution in [0.15, 0.2) is 36.6 Å². The Balaban J connectivity index is -0.000000328. The van der Waals surface area contributed by atoms with E-state index in [1.807, 2.05) is 41.5 Å². The average molecular weight is 253 g/mol. The van der Waals surface area contributed by atoms with E-state index in [0.29, 0.717) is 11.3 Å². The number of allylic oxidation sites excluding steroid dienone is 2. The van der Waals surface area contributed by atoms with Crippen LogP contribution in [0.1, 0.15) is 41.5 Å². The van der Waals surface area contributed by atoms with Gasteiger partial charge in [-0.15, -0.1) is 0 Å². The Labute approximate surface area is 112 Å². The minimum atomic E-state index is -0.528. The molecular formula is C15H27NO2. The molecule has 0 atom stereocenters. The van der Waals surface area contributed by atoms with Crippen molar-refractivity contribution in [3.8, 4) is 0 Å². The average Bonchev–Trinajstić information content (AvgIpc) is 2.68. The van der Waals surface area contributed by atoms with E-state index >= 15 is 0 Å². The smallest absolute Gasteiger partial charge is 0.299 e. The highest BCUT2D eigenvalue weighted by atomic mass is 16.2. The summed E-state index contributed by atoms with van der Waals surface area (Å²) in [5, 5.41) is 0. The molecule has 1 aliphatic rings. The molecule has 104 valence electrons. The highest BCUT2D eigenvalue weighted by Crippen LogP contribution is 2.20. The second kappa shape index (κ2) is 13.4. The summed E-state index contributed by atoms with van der Waals surface area (Å²) in [7, 11) is 1.54. The molecule has 0 aromatic carbocycles. The van der Waals surface area contributed by atoms with Gasteiger partial charge in [-0.05, 0) is 6.08 Å². The monoisotopic (exact) mass is 253 g/mol. The second-order valence-corrected chi connectivity index (χ2v) is 2.40. The van der Waals surface area contributed by atoms with E-state index in [4.69, 9.17) is 0 Å². The Morgan fingerprint density at radius 2 is 1.28 bits per heavy atom. The van der Waals surface area contributed by atoms with E-state index in [0.717, 1.165) is 0 Å². The van der Waals surface area contributed by atoms with Crippen molar-refractivity contribution in [3.05, 3.63) is 36.6 Å². The molecule has 3 heteroatoms. The van der Waals surface area contributed by atoms with Crippen LogP contribution in [0.25, 0.3) is 0 Å². The molecule has 0 radical (unpaired) electrons. The fraction of sp³-hybridized carbons (Fsp3) is 0.467. The molecule has 1 rings (SSSR count). The molecular weight excluding hydrogens is 226 g/mol. The Hall–Kier alpha value is -1.64. The van der Waals surface area contributed by atoms with Gasteiger partial charge in [0.15, 0.2) is 0 Å². The molecule has 0 fully saturated rings. The lowest BCUT2D eigenvalue weighted by Crippen LogP contribution is -2.23. The zero-order valence-electron chi connectivity index (χ0n) is 12.8. The van der Waals surface area contributed by atoms with Crippen LogP contribution < -0.4 is 0 Å². The summed E-state index contributed by atoms with van der Waals surface area (Å²) in [6.07, 6.45) is 2.85. The Bertz CT molecular complexity index is 314. The lowest BCUT2D eigenvalue weighted by molar-refractivity contribution is -0.138. The quantitative estimate of drug-likeness (QED) is 0.703. The maximum Gasteiger partial charge on any atom is 0.299 e. The summed E-state index contributed by atoms with van der Waals surface area (Å²) in [6.45, 7) is 19.0. The van der Waals surface area contributed by atoms with Crippen molar-refractivity contribution in [2.45, 2.75) is 41.5 Å². The first-order chi connectivity index (χ1) is 8.63. The lowest BCUT2D eigenvalue weighted by atomic mass is 10.1. The third-order valence-electron chi connectivity index (χ3n) is 1.78. The molecule has 0 spiro atoms. The molecule has 3 nitrogen and oxygen atoms in total. The standard InChI is InChI=1S/C9H9NO2.3C2H6/c1-4-6-7(5-2)10(3)9(12)8(6)11;3*1-2/h4-5H,1-2H2,3H3;3*1-2H3. The summed E-state index contributed by atoms with van der Waals surface area (Å²) >= 11 is 0.